The molecule has 0 unspecified atom stereocenters. The van der Waals surface area contributed by atoms with Crippen molar-refractivity contribution in [1.29, 1.82) is 10.5 Å². The zero-order valence-electron chi connectivity index (χ0n) is 6.67. The molecule has 0 aliphatic heterocycles. The van der Waals surface area contributed by atoms with Gasteiger partial charge >= 0.3 is 0 Å². The highest BCUT2D eigenvalue weighted by molar-refractivity contribution is 4.71. The first kappa shape index (κ1) is 12.6. The molecule has 0 bridgehead atoms. The molecule has 0 aromatic carbocycles. The first-order valence-corrected chi connectivity index (χ1v) is 3.32. The van der Waals surface area contributed by atoms with Gasteiger partial charge in [0, 0.05) is 13.5 Å². The average Bonchev–Trinajstić information content (AvgIpc) is 2.00. The van der Waals surface area contributed by atoms with E-state index in [0.29, 0.717) is 6.54 Å². The molecule has 4 nitrogen and oxygen atoms in total. The predicted molar refractivity (Wildman–Crippen MR) is 41.5 cm³/mol. The number of hydrogen-bond donors (Lipinski definition) is 2. The van der Waals surface area contributed by atoms with E-state index in [0.717, 1.165) is 13.0 Å². The maximum atomic E-state index is 8.24. The van der Waals surface area contributed by atoms with Crippen LogP contribution in [0, 0.1) is 22.7 Å². The van der Waals surface area contributed by atoms with Crippen molar-refractivity contribution in [3.8, 4) is 12.1 Å². The van der Waals surface area contributed by atoms with Gasteiger partial charge in [0.25, 0.3) is 0 Å². The molecule has 0 aromatic heterocycles. The SMILES string of the molecule is CC#N.N#CCNCCCO. The Hall–Kier alpha value is -1.10. The van der Waals surface area contributed by atoms with E-state index in [1.165, 1.54) is 6.92 Å². The summed E-state index contributed by atoms with van der Waals surface area (Å²) in [5, 5.41) is 26.4. The second kappa shape index (κ2) is 16.0. The second-order valence-corrected chi connectivity index (χ2v) is 1.64. The molecule has 0 atom stereocenters. The molecule has 0 amide bonds. The van der Waals surface area contributed by atoms with Gasteiger partial charge in [-0.2, -0.15) is 10.5 Å². The van der Waals surface area contributed by atoms with Crippen molar-refractivity contribution in [3.63, 3.8) is 0 Å². The van der Waals surface area contributed by atoms with E-state index in [1.807, 2.05) is 6.07 Å². The van der Waals surface area contributed by atoms with Crippen LogP contribution in [0.15, 0.2) is 0 Å². The number of nitrogens with one attached hydrogen (secondary N) is 1. The quantitative estimate of drug-likeness (QED) is 0.442. The highest BCUT2D eigenvalue weighted by Crippen LogP contribution is 1.68. The molecule has 62 valence electrons. The molecule has 11 heavy (non-hydrogen) atoms. The Bertz CT molecular complexity index is 134. The first-order valence-electron chi connectivity index (χ1n) is 3.32. The molecule has 0 aliphatic rings. The minimum absolute atomic E-state index is 0.193. The fourth-order valence-electron chi connectivity index (χ4n) is 0.348. The topological polar surface area (TPSA) is 79.8 Å². The number of nitrogens with zero attached hydrogens (tertiary/aromatic N) is 2. The van der Waals surface area contributed by atoms with Crippen molar-refractivity contribution < 1.29 is 5.11 Å². The molecule has 0 radical (unpaired) electrons. The number of nitriles is 2. The van der Waals surface area contributed by atoms with Gasteiger partial charge in [-0.15, -0.1) is 0 Å². The molecule has 0 aliphatic carbocycles. The summed E-state index contributed by atoms with van der Waals surface area (Å²) in [4.78, 5) is 0. The highest BCUT2D eigenvalue weighted by Gasteiger charge is 1.81. The van der Waals surface area contributed by atoms with E-state index < -0.39 is 0 Å². The van der Waals surface area contributed by atoms with Crippen LogP contribution in [0.4, 0.5) is 0 Å². The van der Waals surface area contributed by atoms with Crippen molar-refractivity contribution in [2.45, 2.75) is 13.3 Å². The smallest absolute Gasteiger partial charge is 0.0840 e. The maximum Gasteiger partial charge on any atom is 0.0840 e. The van der Waals surface area contributed by atoms with E-state index in [1.54, 1.807) is 6.07 Å². The van der Waals surface area contributed by atoms with Gasteiger partial charge in [-0.05, 0) is 13.0 Å². The fourth-order valence-corrected chi connectivity index (χ4v) is 0.348. The van der Waals surface area contributed by atoms with Crippen LogP contribution >= 0.6 is 0 Å². The van der Waals surface area contributed by atoms with Gasteiger partial charge in [0.2, 0.25) is 0 Å². The summed E-state index contributed by atoms with van der Waals surface area (Å²) >= 11 is 0. The third kappa shape index (κ3) is 27.9. The lowest BCUT2D eigenvalue weighted by molar-refractivity contribution is 0.287. The van der Waals surface area contributed by atoms with E-state index in [2.05, 4.69) is 5.32 Å². The number of aliphatic hydroxyl groups excluding tert-OH is 1. The van der Waals surface area contributed by atoms with Crippen LogP contribution in [0.2, 0.25) is 0 Å². The standard InChI is InChI=1S/C5H10N2O.C2H3N/c6-2-4-7-3-1-5-8;1-2-3/h7-8H,1,3-5H2;1H3. The molecular formula is C7H13N3O. The van der Waals surface area contributed by atoms with Crippen molar-refractivity contribution in [3.05, 3.63) is 0 Å². The molecule has 0 saturated heterocycles. The minimum Gasteiger partial charge on any atom is -0.396 e. The van der Waals surface area contributed by atoms with Crippen molar-refractivity contribution in [2.24, 2.45) is 0 Å². The van der Waals surface area contributed by atoms with Crippen LogP contribution in [0.25, 0.3) is 0 Å². The molecule has 2 N–H and O–H groups in total. The summed E-state index contributed by atoms with van der Waals surface area (Å²) in [6.07, 6.45) is 0.724. The summed E-state index contributed by atoms with van der Waals surface area (Å²) < 4.78 is 0. The van der Waals surface area contributed by atoms with Gasteiger partial charge in [-0.1, -0.05) is 0 Å². The predicted octanol–water partition coefficient (Wildman–Crippen LogP) is 0.0119. The maximum absolute atomic E-state index is 8.24. The van der Waals surface area contributed by atoms with Gasteiger partial charge in [0.15, 0.2) is 0 Å². The van der Waals surface area contributed by atoms with Crippen LogP contribution in [-0.2, 0) is 0 Å². The van der Waals surface area contributed by atoms with Gasteiger partial charge in [0.1, 0.15) is 0 Å². The highest BCUT2D eigenvalue weighted by atomic mass is 16.3. The third-order valence-electron chi connectivity index (χ3n) is 0.716. The Morgan fingerprint density at radius 1 is 1.45 bits per heavy atom. The average molecular weight is 155 g/mol. The van der Waals surface area contributed by atoms with Crippen LogP contribution in [-0.4, -0.2) is 24.8 Å². The molecule has 4 heteroatoms. The first-order chi connectivity index (χ1) is 5.33. The monoisotopic (exact) mass is 155 g/mol. The van der Waals surface area contributed by atoms with Crippen molar-refractivity contribution >= 4 is 0 Å². The fraction of sp³-hybridized carbons (Fsp3) is 0.714. The summed E-state index contributed by atoms with van der Waals surface area (Å²) in [5.41, 5.74) is 0. The molecule has 0 spiro atoms. The van der Waals surface area contributed by atoms with Gasteiger partial charge in [-0.25, -0.2) is 0 Å². The normalized spacial score (nSPS) is 6.91. The van der Waals surface area contributed by atoms with Crippen molar-refractivity contribution in [2.75, 3.05) is 19.7 Å². The summed E-state index contributed by atoms with van der Waals surface area (Å²) in [6.45, 7) is 2.72. The van der Waals surface area contributed by atoms with E-state index in [9.17, 15) is 0 Å². The lowest BCUT2D eigenvalue weighted by atomic mass is 10.4. The molecule has 0 heterocycles. The van der Waals surface area contributed by atoms with Crippen LogP contribution < -0.4 is 5.32 Å². The lowest BCUT2D eigenvalue weighted by Crippen LogP contribution is -2.15. The minimum atomic E-state index is 0.193. The number of aliphatic hydroxyl groups is 1. The van der Waals surface area contributed by atoms with Crippen molar-refractivity contribution in [1.82, 2.24) is 5.32 Å². The van der Waals surface area contributed by atoms with E-state index in [-0.39, 0.29) is 6.61 Å². The zero-order valence-corrected chi connectivity index (χ0v) is 6.67. The van der Waals surface area contributed by atoms with Crippen LogP contribution in [0.5, 0.6) is 0 Å². The number of hydrogen-bond acceptors (Lipinski definition) is 4. The molecular weight excluding hydrogens is 142 g/mol. The van der Waals surface area contributed by atoms with Gasteiger partial charge in [-0.3, -0.25) is 0 Å². The molecule has 0 rings (SSSR count). The lowest BCUT2D eigenvalue weighted by Gasteiger charge is -1.93. The molecule has 0 saturated carbocycles. The Morgan fingerprint density at radius 3 is 2.36 bits per heavy atom. The van der Waals surface area contributed by atoms with E-state index in [4.69, 9.17) is 15.6 Å². The molecule has 0 fully saturated rings. The Kier molecular flexibility index (Phi) is 18.2. The Balaban J connectivity index is 0. The summed E-state index contributed by atoms with van der Waals surface area (Å²) in [7, 11) is 0. The largest absolute Gasteiger partial charge is 0.396 e. The van der Waals surface area contributed by atoms with Crippen LogP contribution in [0.3, 0.4) is 0 Å². The second-order valence-electron chi connectivity index (χ2n) is 1.64. The Labute approximate surface area is 67.1 Å². The summed E-state index contributed by atoms with van der Waals surface area (Å²) in [5.74, 6) is 0. The molecule has 0 aromatic rings. The number of rotatable bonds is 4. The van der Waals surface area contributed by atoms with Gasteiger partial charge < -0.3 is 10.4 Å². The summed E-state index contributed by atoms with van der Waals surface area (Å²) in [6, 6.07) is 3.68. The van der Waals surface area contributed by atoms with Gasteiger partial charge in [0.05, 0.1) is 18.7 Å². The Morgan fingerprint density at radius 2 is 2.00 bits per heavy atom. The zero-order chi connectivity index (χ0) is 8.95. The van der Waals surface area contributed by atoms with Crippen LogP contribution in [0.1, 0.15) is 13.3 Å². The van der Waals surface area contributed by atoms with E-state index >= 15 is 0 Å². The third-order valence-corrected chi connectivity index (χ3v) is 0.716.